The van der Waals surface area contributed by atoms with Crippen molar-refractivity contribution >= 4 is 23.0 Å². The highest BCUT2D eigenvalue weighted by Gasteiger charge is 2.02. The summed E-state index contributed by atoms with van der Waals surface area (Å²) in [5, 5.41) is 24.1. The van der Waals surface area contributed by atoms with E-state index in [0.717, 1.165) is 19.3 Å². The van der Waals surface area contributed by atoms with Gasteiger partial charge in [0.25, 0.3) is 0 Å². The van der Waals surface area contributed by atoms with Crippen LogP contribution in [0.2, 0.25) is 0 Å². The Morgan fingerprint density at radius 3 is 2.11 bits per heavy atom. The topological polar surface area (TPSA) is 104 Å². The molecule has 0 saturated carbocycles. The first-order valence-electron chi connectivity index (χ1n) is 5.40. The Kier molecular flexibility index (Phi) is 14.9. The molecule has 0 fully saturated rings. The average molecular weight is 283 g/mol. The lowest BCUT2D eigenvalue weighted by molar-refractivity contribution is -0.132. The monoisotopic (exact) mass is 282 g/mol. The van der Waals surface area contributed by atoms with E-state index < -0.39 is 11.4 Å². The molecule has 0 unspecified atom stereocenters. The second-order valence-corrected chi connectivity index (χ2v) is 3.63. The van der Waals surface area contributed by atoms with E-state index in [4.69, 9.17) is 24.9 Å². The Bertz CT molecular complexity index is 250. The first kappa shape index (κ1) is 19.2. The first-order valence-corrected chi connectivity index (χ1v) is 5.77. The molecule has 0 heterocycles. The second-order valence-electron chi connectivity index (χ2n) is 3.31. The van der Waals surface area contributed by atoms with Gasteiger partial charge in [0.15, 0.2) is 0 Å². The molecule has 6 nitrogen and oxygen atoms in total. The Balaban J connectivity index is 0. The van der Waals surface area contributed by atoms with Crippen molar-refractivity contribution in [3.05, 3.63) is 12.2 Å². The van der Waals surface area contributed by atoms with E-state index in [1.54, 1.807) is 0 Å². The average Bonchev–Trinajstić information content (AvgIpc) is 2.26. The lowest BCUT2D eigenvalue weighted by atomic mass is 10.2. The summed E-state index contributed by atoms with van der Waals surface area (Å²) in [4.78, 5) is 19.1. The van der Waals surface area contributed by atoms with Gasteiger partial charge in [0.2, 0.25) is 0 Å². The number of hydrogen-bond donors (Lipinski definition) is 3. The number of ether oxygens (including phenoxy) is 1. The van der Waals surface area contributed by atoms with Gasteiger partial charge in [-0.05, 0) is 19.3 Å². The molecule has 18 heavy (non-hydrogen) atoms. The molecule has 0 aromatic carbocycles. The van der Waals surface area contributed by atoms with Crippen LogP contribution in [0, 0.1) is 0 Å². The summed E-state index contributed by atoms with van der Waals surface area (Å²) in [6.45, 7) is 4.63. The van der Waals surface area contributed by atoms with Gasteiger partial charge in [0, 0.05) is 36.8 Å². The van der Waals surface area contributed by atoms with Crippen molar-refractivity contribution in [2.45, 2.75) is 25.7 Å². The molecule has 0 aromatic heterocycles. The highest BCUT2D eigenvalue weighted by Crippen LogP contribution is 2.00. The molecule has 0 rings (SSSR count). The van der Waals surface area contributed by atoms with Crippen LogP contribution in [0.15, 0.2) is 12.2 Å². The van der Waals surface area contributed by atoms with Gasteiger partial charge < -0.3 is 20.1 Å². The fraction of sp³-hybridized carbons (Fsp3) is 0.636. The summed E-state index contributed by atoms with van der Waals surface area (Å²) in [5.74, 6) is -0.964. The predicted octanol–water partition coefficient (Wildman–Crippen LogP) is 2.10. The summed E-state index contributed by atoms with van der Waals surface area (Å²) >= 11 is 4.19. The molecule has 0 aromatic rings. The molecule has 0 atom stereocenters. The molecule has 0 spiro atoms. The summed E-state index contributed by atoms with van der Waals surface area (Å²) in [7, 11) is 0. The van der Waals surface area contributed by atoms with Gasteiger partial charge in [-0.3, -0.25) is 0 Å². The van der Waals surface area contributed by atoms with Gasteiger partial charge in [0.1, 0.15) is 0 Å². The van der Waals surface area contributed by atoms with Crippen molar-refractivity contribution in [3.8, 4) is 0 Å². The summed E-state index contributed by atoms with van der Waals surface area (Å²) < 4.78 is 5.20. The van der Waals surface area contributed by atoms with Crippen LogP contribution >= 0.6 is 11.6 Å². The molecule has 106 valence electrons. The van der Waals surface area contributed by atoms with E-state index in [9.17, 15) is 4.79 Å². The number of aliphatic hydroxyl groups excluding tert-OH is 1. The quantitative estimate of drug-likeness (QED) is 0.340. The summed E-state index contributed by atoms with van der Waals surface area (Å²) in [6, 6.07) is 0. The zero-order valence-electron chi connectivity index (χ0n) is 10.1. The number of carboxylic acids is 1. The smallest absolute Gasteiger partial charge is 0.401 e. The molecular weight excluding hydrogens is 264 g/mol. The number of unbranched alkanes of at least 4 members (excludes halogenated alkanes) is 2. The third-order valence-electron chi connectivity index (χ3n) is 1.80. The number of aliphatic hydroxyl groups is 1. The molecule has 0 bridgehead atoms. The molecule has 0 aliphatic carbocycles. The Labute approximate surface area is 111 Å². The maximum atomic E-state index is 10.3. The second kappa shape index (κ2) is 14.0. The van der Waals surface area contributed by atoms with Gasteiger partial charge in [-0.2, -0.15) is 0 Å². The van der Waals surface area contributed by atoms with Gasteiger partial charge >= 0.3 is 11.4 Å². The van der Waals surface area contributed by atoms with Crippen molar-refractivity contribution in [3.63, 3.8) is 0 Å². The van der Waals surface area contributed by atoms with E-state index in [1.807, 2.05) is 0 Å². The molecule has 0 amide bonds. The predicted molar refractivity (Wildman–Crippen MR) is 67.0 cm³/mol. The van der Waals surface area contributed by atoms with Crippen molar-refractivity contribution in [2.24, 2.45) is 0 Å². The first-order chi connectivity index (χ1) is 8.41. The summed E-state index contributed by atoms with van der Waals surface area (Å²) in [5.41, 5.74) is -1.18. The molecule has 0 radical (unpaired) electrons. The van der Waals surface area contributed by atoms with Gasteiger partial charge in [-0.1, -0.05) is 6.58 Å². The number of rotatable bonds is 9. The molecule has 0 saturated heterocycles. The standard InChI is InChI=1S/C10H18O4.CHClO2/c1-9(10(12)13)5-8-14-7-4-2-3-6-11;2-1(3)4/h11H,1-8H2,(H,12,13);(H,3,4). The van der Waals surface area contributed by atoms with E-state index in [-0.39, 0.29) is 12.2 Å². The largest absolute Gasteiger partial charge is 0.478 e. The minimum absolute atomic E-state index is 0.181. The zero-order valence-corrected chi connectivity index (χ0v) is 10.9. The van der Waals surface area contributed by atoms with Crippen molar-refractivity contribution in [2.75, 3.05) is 19.8 Å². The Morgan fingerprint density at radius 1 is 1.11 bits per heavy atom. The molecule has 3 N–H and O–H groups in total. The highest BCUT2D eigenvalue weighted by molar-refractivity contribution is 6.60. The van der Waals surface area contributed by atoms with Crippen LogP contribution in [-0.4, -0.2) is 46.5 Å². The van der Waals surface area contributed by atoms with Gasteiger partial charge in [-0.25, -0.2) is 9.59 Å². The maximum Gasteiger partial charge on any atom is 0.401 e. The SMILES string of the molecule is C=C(CCOCCCCCO)C(=O)O.O=C(O)Cl. The third kappa shape index (κ3) is 20.3. The number of aliphatic carboxylic acids is 1. The fourth-order valence-electron chi connectivity index (χ4n) is 0.897. The molecule has 7 heteroatoms. The maximum absolute atomic E-state index is 10.3. The van der Waals surface area contributed by atoms with E-state index >= 15 is 0 Å². The van der Waals surface area contributed by atoms with E-state index in [0.29, 0.717) is 19.6 Å². The highest BCUT2D eigenvalue weighted by atomic mass is 35.5. The van der Waals surface area contributed by atoms with Crippen molar-refractivity contribution in [1.82, 2.24) is 0 Å². The molecule has 0 aliphatic rings. The lowest BCUT2D eigenvalue weighted by Crippen LogP contribution is -2.04. The van der Waals surface area contributed by atoms with Gasteiger partial charge in [-0.15, -0.1) is 0 Å². The van der Waals surface area contributed by atoms with Crippen LogP contribution in [0.25, 0.3) is 0 Å². The minimum Gasteiger partial charge on any atom is -0.478 e. The third-order valence-corrected chi connectivity index (χ3v) is 1.80. The number of carbonyl (C=O) groups is 2. The Hall–Kier alpha value is -1.11. The number of carboxylic acid groups (broad SMARTS) is 2. The fourth-order valence-corrected chi connectivity index (χ4v) is 0.897. The van der Waals surface area contributed by atoms with Crippen LogP contribution in [0.5, 0.6) is 0 Å². The van der Waals surface area contributed by atoms with Crippen LogP contribution in [0.4, 0.5) is 4.79 Å². The number of hydrogen-bond acceptors (Lipinski definition) is 4. The molecular formula is C11H19ClO6. The van der Waals surface area contributed by atoms with Crippen LogP contribution in [-0.2, 0) is 9.53 Å². The zero-order chi connectivity index (χ0) is 14.4. The lowest BCUT2D eigenvalue weighted by Gasteiger charge is -2.03. The van der Waals surface area contributed by atoms with Gasteiger partial charge in [0.05, 0.1) is 6.61 Å². The van der Waals surface area contributed by atoms with Crippen LogP contribution in [0.3, 0.4) is 0 Å². The van der Waals surface area contributed by atoms with Crippen molar-refractivity contribution in [1.29, 1.82) is 0 Å². The number of halogens is 1. The van der Waals surface area contributed by atoms with Crippen LogP contribution in [0.1, 0.15) is 25.7 Å². The normalized spacial score (nSPS) is 9.22. The van der Waals surface area contributed by atoms with E-state index in [1.165, 1.54) is 0 Å². The summed E-state index contributed by atoms with van der Waals surface area (Å²) in [6.07, 6.45) is 3.01. The molecule has 0 aliphatic heterocycles. The van der Waals surface area contributed by atoms with Crippen LogP contribution < -0.4 is 0 Å². The Morgan fingerprint density at radius 2 is 1.67 bits per heavy atom. The van der Waals surface area contributed by atoms with Crippen molar-refractivity contribution < 1.29 is 29.6 Å². The van der Waals surface area contributed by atoms with E-state index in [2.05, 4.69) is 18.2 Å². The minimum atomic E-state index is -1.36.